The fourth-order valence-electron chi connectivity index (χ4n) is 3.02. The first-order valence-corrected chi connectivity index (χ1v) is 8.50. The van der Waals surface area contributed by atoms with Crippen molar-refractivity contribution in [3.05, 3.63) is 47.1 Å². The molecule has 0 amide bonds. The molecule has 4 heteroatoms. The molecule has 1 aliphatic heterocycles. The van der Waals surface area contributed by atoms with Gasteiger partial charge in [-0.15, -0.1) is 11.3 Å². The monoisotopic (exact) mass is 309 g/mol. The highest BCUT2D eigenvalue weighted by Gasteiger charge is 2.14. The standard InChI is InChI=1S/C18H19N3S/c1-12-11-22-18(20-12)14-3-4-17-15(9-14)16(10-19-17)13-5-7-21(2)8-6-13/h3-5,9-11,19H,6-8H2,1-2H3. The van der Waals surface area contributed by atoms with Crippen LogP contribution >= 0.6 is 11.3 Å². The number of fused-ring (bicyclic) bond motifs is 1. The first-order chi connectivity index (χ1) is 10.7. The van der Waals surface area contributed by atoms with Gasteiger partial charge >= 0.3 is 0 Å². The van der Waals surface area contributed by atoms with Crippen LogP contribution in [-0.2, 0) is 0 Å². The van der Waals surface area contributed by atoms with Crippen LogP contribution in [0, 0.1) is 6.92 Å². The number of thiazole rings is 1. The maximum Gasteiger partial charge on any atom is 0.123 e. The number of likely N-dealkylation sites (N-methyl/N-ethyl adjacent to an activating group) is 1. The number of nitrogens with one attached hydrogen (secondary N) is 1. The molecule has 0 unspecified atom stereocenters. The lowest BCUT2D eigenvalue weighted by Crippen LogP contribution is -2.23. The van der Waals surface area contributed by atoms with Crippen LogP contribution in [-0.4, -0.2) is 35.0 Å². The van der Waals surface area contributed by atoms with Crippen molar-refractivity contribution in [3.63, 3.8) is 0 Å². The van der Waals surface area contributed by atoms with Crippen LogP contribution in [0.2, 0.25) is 0 Å². The molecular weight excluding hydrogens is 290 g/mol. The Labute approximate surface area is 134 Å². The van der Waals surface area contributed by atoms with Crippen LogP contribution in [0.5, 0.6) is 0 Å². The van der Waals surface area contributed by atoms with Crippen molar-refractivity contribution in [2.45, 2.75) is 13.3 Å². The average molecular weight is 309 g/mol. The van der Waals surface area contributed by atoms with Crippen molar-refractivity contribution in [1.29, 1.82) is 0 Å². The van der Waals surface area contributed by atoms with E-state index in [2.05, 4.69) is 57.8 Å². The summed E-state index contributed by atoms with van der Waals surface area (Å²) in [6, 6.07) is 6.60. The number of hydrogen-bond acceptors (Lipinski definition) is 3. The third-order valence-corrected chi connectivity index (χ3v) is 5.32. The maximum absolute atomic E-state index is 4.61. The Morgan fingerprint density at radius 3 is 2.95 bits per heavy atom. The quantitative estimate of drug-likeness (QED) is 0.764. The number of aromatic nitrogens is 2. The molecule has 3 aromatic rings. The van der Waals surface area contributed by atoms with Gasteiger partial charge < -0.3 is 9.88 Å². The summed E-state index contributed by atoms with van der Waals surface area (Å²) in [4.78, 5) is 10.4. The normalized spacial score (nSPS) is 16.2. The van der Waals surface area contributed by atoms with Crippen LogP contribution in [0.1, 0.15) is 17.7 Å². The SMILES string of the molecule is Cc1csc(-c2ccc3[nH]cc(C4=CCN(C)CC4)c3c2)n1. The summed E-state index contributed by atoms with van der Waals surface area (Å²) in [5.41, 5.74) is 6.30. The van der Waals surface area contributed by atoms with Crippen molar-refractivity contribution in [2.24, 2.45) is 0 Å². The van der Waals surface area contributed by atoms with Gasteiger partial charge in [0.25, 0.3) is 0 Å². The minimum absolute atomic E-state index is 1.04. The Balaban J connectivity index is 1.80. The second kappa shape index (κ2) is 5.38. The zero-order valence-corrected chi connectivity index (χ0v) is 13.7. The lowest BCUT2D eigenvalue weighted by atomic mass is 9.98. The van der Waals surface area contributed by atoms with E-state index in [0.29, 0.717) is 0 Å². The van der Waals surface area contributed by atoms with E-state index < -0.39 is 0 Å². The lowest BCUT2D eigenvalue weighted by Gasteiger charge is -2.21. The molecule has 2 aromatic heterocycles. The van der Waals surface area contributed by atoms with Crippen molar-refractivity contribution >= 4 is 27.8 Å². The number of H-pyrrole nitrogens is 1. The molecule has 1 aromatic carbocycles. The molecule has 112 valence electrons. The van der Waals surface area contributed by atoms with E-state index in [-0.39, 0.29) is 0 Å². The van der Waals surface area contributed by atoms with E-state index in [4.69, 9.17) is 0 Å². The molecule has 0 fully saturated rings. The van der Waals surface area contributed by atoms with Crippen molar-refractivity contribution < 1.29 is 0 Å². The Morgan fingerprint density at radius 2 is 2.23 bits per heavy atom. The third kappa shape index (κ3) is 2.38. The molecule has 3 heterocycles. The molecule has 1 aliphatic rings. The minimum Gasteiger partial charge on any atom is -0.361 e. The smallest absolute Gasteiger partial charge is 0.123 e. The first kappa shape index (κ1) is 13.7. The third-order valence-electron chi connectivity index (χ3n) is 4.31. The van der Waals surface area contributed by atoms with Gasteiger partial charge in [-0.2, -0.15) is 0 Å². The number of hydrogen-bond donors (Lipinski definition) is 1. The molecule has 0 saturated carbocycles. The number of rotatable bonds is 2. The van der Waals surface area contributed by atoms with Gasteiger partial charge in [-0.25, -0.2) is 4.98 Å². The zero-order valence-electron chi connectivity index (χ0n) is 12.9. The van der Waals surface area contributed by atoms with Gasteiger partial charge in [0, 0.05) is 52.4 Å². The van der Waals surface area contributed by atoms with Crippen LogP contribution in [0.4, 0.5) is 0 Å². The molecule has 0 saturated heterocycles. The molecule has 3 nitrogen and oxygen atoms in total. The van der Waals surface area contributed by atoms with E-state index in [1.54, 1.807) is 11.3 Å². The van der Waals surface area contributed by atoms with Gasteiger partial charge in [-0.3, -0.25) is 0 Å². The number of benzene rings is 1. The molecule has 0 atom stereocenters. The Hall–Kier alpha value is -1.91. The van der Waals surface area contributed by atoms with Crippen LogP contribution in [0.15, 0.2) is 35.9 Å². The molecule has 0 radical (unpaired) electrons. The molecule has 22 heavy (non-hydrogen) atoms. The Morgan fingerprint density at radius 1 is 1.32 bits per heavy atom. The average Bonchev–Trinajstić information content (AvgIpc) is 3.14. The van der Waals surface area contributed by atoms with Crippen molar-refractivity contribution in [1.82, 2.24) is 14.9 Å². The van der Waals surface area contributed by atoms with Crippen molar-refractivity contribution in [2.75, 3.05) is 20.1 Å². The molecule has 4 rings (SSSR count). The summed E-state index contributed by atoms with van der Waals surface area (Å²) in [6.07, 6.45) is 5.62. The summed E-state index contributed by atoms with van der Waals surface area (Å²) in [7, 11) is 2.17. The van der Waals surface area contributed by atoms with Gasteiger partial charge in [-0.05, 0) is 44.2 Å². The minimum atomic E-state index is 1.04. The highest BCUT2D eigenvalue weighted by Crippen LogP contribution is 2.33. The summed E-state index contributed by atoms with van der Waals surface area (Å²) in [6.45, 7) is 4.21. The number of aromatic amines is 1. The highest BCUT2D eigenvalue weighted by atomic mass is 32.1. The first-order valence-electron chi connectivity index (χ1n) is 7.62. The van der Waals surface area contributed by atoms with Gasteiger partial charge in [-0.1, -0.05) is 6.08 Å². The molecular formula is C18H19N3S. The Bertz CT molecular complexity index is 856. The lowest BCUT2D eigenvalue weighted by molar-refractivity contribution is 0.370. The van der Waals surface area contributed by atoms with Gasteiger partial charge in [0.05, 0.1) is 0 Å². The second-order valence-electron chi connectivity index (χ2n) is 6.00. The van der Waals surface area contributed by atoms with E-state index in [1.165, 1.54) is 27.6 Å². The number of aryl methyl sites for hydroxylation is 1. The predicted octanol–water partition coefficient (Wildman–Crippen LogP) is 4.32. The van der Waals surface area contributed by atoms with E-state index >= 15 is 0 Å². The summed E-state index contributed by atoms with van der Waals surface area (Å²) < 4.78 is 0. The molecule has 0 bridgehead atoms. The fraction of sp³-hybridized carbons (Fsp3) is 0.278. The highest BCUT2D eigenvalue weighted by molar-refractivity contribution is 7.13. The molecule has 0 spiro atoms. The summed E-state index contributed by atoms with van der Waals surface area (Å²) in [5, 5.41) is 4.52. The largest absolute Gasteiger partial charge is 0.361 e. The Kier molecular flexibility index (Phi) is 3.36. The molecule has 0 aliphatic carbocycles. The molecule has 1 N–H and O–H groups in total. The fourth-order valence-corrected chi connectivity index (χ4v) is 3.82. The maximum atomic E-state index is 4.61. The number of nitrogens with zero attached hydrogens (tertiary/aromatic N) is 2. The van der Waals surface area contributed by atoms with Crippen LogP contribution in [0.3, 0.4) is 0 Å². The van der Waals surface area contributed by atoms with Gasteiger partial charge in [0.1, 0.15) is 5.01 Å². The topological polar surface area (TPSA) is 31.9 Å². The van der Waals surface area contributed by atoms with Crippen LogP contribution < -0.4 is 0 Å². The summed E-state index contributed by atoms with van der Waals surface area (Å²) in [5.74, 6) is 0. The van der Waals surface area contributed by atoms with E-state index in [1.807, 2.05) is 6.92 Å². The van der Waals surface area contributed by atoms with Crippen molar-refractivity contribution in [3.8, 4) is 10.6 Å². The van der Waals surface area contributed by atoms with E-state index in [9.17, 15) is 0 Å². The second-order valence-corrected chi connectivity index (χ2v) is 6.86. The van der Waals surface area contributed by atoms with E-state index in [0.717, 1.165) is 30.2 Å². The van der Waals surface area contributed by atoms with Gasteiger partial charge in [0.2, 0.25) is 0 Å². The zero-order chi connectivity index (χ0) is 15.1. The predicted molar refractivity (Wildman–Crippen MR) is 94.2 cm³/mol. The van der Waals surface area contributed by atoms with Gasteiger partial charge in [0.15, 0.2) is 0 Å². The summed E-state index contributed by atoms with van der Waals surface area (Å²) >= 11 is 1.71. The van der Waals surface area contributed by atoms with Crippen LogP contribution in [0.25, 0.3) is 27.0 Å².